The third kappa shape index (κ3) is 2.51. The Morgan fingerprint density at radius 3 is 2.12 bits per heavy atom. The smallest absolute Gasteiger partial charge is 0.218 e. The number of carbonyl (C=O) groups excluding carboxylic acids is 1. The molecule has 0 spiro atoms. The van der Waals surface area contributed by atoms with Gasteiger partial charge in [-0.2, -0.15) is 0 Å². The van der Waals surface area contributed by atoms with Crippen LogP contribution in [0.1, 0.15) is 64.0 Å². The lowest BCUT2D eigenvalue weighted by Gasteiger charge is -2.62. The molecule has 1 N–H and O–H groups in total. The van der Waals surface area contributed by atoms with E-state index in [9.17, 15) is 4.79 Å². The third-order valence-corrected chi connectivity index (χ3v) is 7.58. The highest BCUT2D eigenvalue weighted by molar-refractivity contribution is 6.28. The second-order valence-corrected chi connectivity index (χ2v) is 9.43. The van der Waals surface area contributed by atoms with Crippen molar-refractivity contribution in [2.24, 2.45) is 23.2 Å². The maximum Gasteiger partial charge on any atom is 0.218 e. The largest absolute Gasteiger partial charge is 0.350 e. The molecule has 4 aliphatic carbocycles. The van der Waals surface area contributed by atoms with Crippen molar-refractivity contribution in [2.45, 2.75) is 63.7 Å². The van der Waals surface area contributed by atoms with Crippen LogP contribution in [0.15, 0.2) is 30.3 Å². The topological polar surface area (TPSA) is 29.1 Å². The fourth-order valence-corrected chi connectivity index (χ4v) is 6.32. The summed E-state index contributed by atoms with van der Waals surface area (Å²) in [7, 11) is 2.22. The van der Waals surface area contributed by atoms with Gasteiger partial charge in [-0.25, -0.2) is 0 Å². The molecule has 128 valence electrons. The van der Waals surface area contributed by atoms with Gasteiger partial charge in [0.15, 0.2) is 0 Å². The van der Waals surface area contributed by atoms with Gasteiger partial charge in [0, 0.05) is 5.31 Å². The molecule has 1 amide bonds. The second-order valence-electron chi connectivity index (χ2n) is 9.43. The van der Waals surface area contributed by atoms with E-state index in [1.54, 1.807) is 0 Å². The summed E-state index contributed by atoms with van der Waals surface area (Å²) >= 11 is 0. The first kappa shape index (κ1) is 16.2. The molecule has 4 saturated carbocycles. The first-order valence-electron chi connectivity index (χ1n) is 9.75. The summed E-state index contributed by atoms with van der Waals surface area (Å²) in [6.45, 7) is 4.32. The van der Waals surface area contributed by atoms with Crippen LogP contribution < -0.4 is 5.32 Å². The molecule has 0 heterocycles. The number of rotatable bonds is 4. The Labute approximate surface area is 147 Å². The highest BCUT2D eigenvalue weighted by Crippen LogP contribution is 2.67. The fraction of sp³-hybridized carbons (Fsp3) is 0.667. The lowest BCUT2D eigenvalue weighted by molar-refractivity contribution is -0.137. The highest BCUT2D eigenvalue weighted by Gasteiger charge is 2.59. The number of carbonyl (C=O) groups is 1. The number of hydrogen-bond donors (Lipinski definition) is 1. The van der Waals surface area contributed by atoms with Crippen LogP contribution in [0.25, 0.3) is 0 Å². The van der Waals surface area contributed by atoms with Crippen LogP contribution in [0.3, 0.4) is 0 Å². The quantitative estimate of drug-likeness (QED) is 0.837. The van der Waals surface area contributed by atoms with Crippen LogP contribution in [0.2, 0.25) is 5.31 Å². The van der Waals surface area contributed by atoms with Crippen molar-refractivity contribution in [3.63, 3.8) is 0 Å². The minimum absolute atomic E-state index is 0.0758. The molecule has 4 aliphatic rings. The van der Waals surface area contributed by atoms with E-state index in [-0.39, 0.29) is 22.7 Å². The van der Waals surface area contributed by atoms with E-state index in [0.717, 1.165) is 17.8 Å². The summed E-state index contributed by atoms with van der Waals surface area (Å²) in [6.07, 6.45) is 8.11. The zero-order chi connectivity index (χ0) is 16.9. The van der Waals surface area contributed by atoms with Gasteiger partial charge < -0.3 is 5.32 Å². The van der Waals surface area contributed by atoms with E-state index >= 15 is 0 Å². The van der Waals surface area contributed by atoms with E-state index in [1.807, 2.05) is 18.2 Å². The Morgan fingerprint density at radius 1 is 1.12 bits per heavy atom. The summed E-state index contributed by atoms with van der Waals surface area (Å²) in [6, 6.07) is 10.4. The van der Waals surface area contributed by atoms with E-state index < -0.39 is 0 Å². The van der Waals surface area contributed by atoms with Crippen LogP contribution in [0.5, 0.6) is 0 Å². The number of amides is 1. The Hall–Kier alpha value is -1.25. The Kier molecular flexibility index (Phi) is 3.82. The monoisotopic (exact) mass is 323 g/mol. The Balaban J connectivity index is 1.53. The van der Waals surface area contributed by atoms with Gasteiger partial charge in [-0.1, -0.05) is 37.3 Å². The van der Waals surface area contributed by atoms with Crippen molar-refractivity contribution >= 4 is 13.8 Å². The zero-order valence-corrected chi connectivity index (χ0v) is 15.3. The maximum atomic E-state index is 13.3. The Morgan fingerprint density at radius 2 is 1.62 bits per heavy atom. The molecule has 2 atom stereocenters. The number of hydrogen-bond acceptors (Lipinski definition) is 1. The summed E-state index contributed by atoms with van der Waals surface area (Å²) in [4.78, 5) is 13.3. The first-order valence-corrected chi connectivity index (χ1v) is 9.75. The fourth-order valence-electron chi connectivity index (χ4n) is 6.32. The third-order valence-electron chi connectivity index (χ3n) is 7.58. The molecule has 3 heteroatoms. The maximum absolute atomic E-state index is 13.3. The second kappa shape index (κ2) is 5.64. The van der Waals surface area contributed by atoms with E-state index in [0.29, 0.717) is 0 Å². The molecule has 1 unspecified atom stereocenters. The average Bonchev–Trinajstić information content (AvgIpc) is 2.54. The van der Waals surface area contributed by atoms with E-state index in [1.165, 1.54) is 44.1 Å². The van der Waals surface area contributed by atoms with Crippen LogP contribution in [-0.2, 0) is 4.79 Å². The van der Waals surface area contributed by atoms with Crippen molar-refractivity contribution in [3.05, 3.63) is 35.9 Å². The molecule has 0 radical (unpaired) electrons. The minimum Gasteiger partial charge on any atom is -0.350 e. The molecule has 0 aromatic heterocycles. The predicted molar refractivity (Wildman–Crippen MR) is 101 cm³/mol. The number of benzene rings is 1. The Bertz CT molecular complexity index is 589. The van der Waals surface area contributed by atoms with Gasteiger partial charge in [0.05, 0.1) is 6.04 Å². The molecule has 4 fully saturated rings. The molecule has 1 aromatic rings. The molecule has 24 heavy (non-hydrogen) atoms. The van der Waals surface area contributed by atoms with Crippen molar-refractivity contribution in [3.8, 4) is 0 Å². The van der Waals surface area contributed by atoms with Gasteiger partial charge in [-0.15, -0.1) is 0 Å². The van der Waals surface area contributed by atoms with Gasteiger partial charge in [0.2, 0.25) is 5.91 Å². The van der Waals surface area contributed by atoms with Crippen molar-refractivity contribution < 1.29 is 4.79 Å². The van der Waals surface area contributed by atoms with E-state index in [4.69, 9.17) is 0 Å². The zero-order valence-electron chi connectivity index (χ0n) is 15.3. The number of nitrogens with one attached hydrogen (secondary N) is 1. The van der Waals surface area contributed by atoms with Crippen LogP contribution >= 0.6 is 0 Å². The van der Waals surface area contributed by atoms with Gasteiger partial charge in [0.25, 0.3) is 0 Å². The van der Waals surface area contributed by atoms with E-state index in [2.05, 4.69) is 39.1 Å². The normalized spacial score (nSPS) is 37.7. The van der Waals surface area contributed by atoms with Gasteiger partial charge in [0.1, 0.15) is 7.85 Å². The van der Waals surface area contributed by atoms with Gasteiger partial charge >= 0.3 is 0 Å². The van der Waals surface area contributed by atoms with Crippen molar-refractivity contribution in [1.82, 2.24) is 5.32 Å². The van der Waals surface area contributed by atoms with Gasteiger partial charge in [-0.3, -0.25) is 4.79 Å². The molecule has 0 aliphatic heterocycles. The van der Waals surface area contributed by atoms with Crippen molar-refractivity contribution in [2.75, 3.05) is 0 Å². The first-order chi connectivity index (χ1) is 11.4. The lowest BCUT2D eigenvalue weighted by Crippen LogP contribution is -2.55. The SMILES string of the molecule is BC(C)(C(=O)N[C@@H](C)c1ccccc1)C12CC3CC(CC(C3)C1)C2. The average molecular weight is 323 g/mol. The van der Waals surface area contributed by atoms with Crippen LogP contribution in [-0.4, -0.2) is 13.8 Å². The molecule has 0 saturated heterocycles. The summed E-state index contributed by atoms with van der Waals surface area (Å²) in [5, 5.41) is 3.05. The highest BCUT2D eigenvalue weighted by atomic mass is 16.2. The predicted octanol–water partition coefficient (Wildman–Crippen LogP) is 3.89. The molecule has 5 rings (SSSR count). The standard InChI is InChI=1S/C21H30BNO/c1-14(18-6-4-3-5-7-18)23-19(24)20(2,22)21-11-15-8-16(12-21)10-17(9-15)13-21/h3-7,14-17H,8-13,22H2,1-2H3,(H,23,24)/t14-,15?,16?,17?,20?,21?/m0/s1. The minimum atomic E-state index is -0.272. The van der Waals surface area contributed by atoms with Crippen LogP contribution in [0.4, 0.5) is 0 Å². The summed E-state index contributed by atoms with van der Waals surface area (Å²) in [5.41, 5.74) is 1.43. The molecule has 1 aromatic carbocycles. The van der Waals surface area contributed by atoms with Gasteiger partial charge in [-0.05, 0) is 74.2 Å². The summed E-state index contributed by atoms with van der Waals surface area (Å²) < 4.78 is 0. The van der Waals surface area contributed by atoms with Crippen molar-refractivity contribution in [1.29, 1.82) is 0 Å². The summed E-state index contributed by atoms with van der Waals surface area (Å²) in [5.74, 6) is 2.90. The lowest BCUT2D eigenvalue weighted by atomic mass is 9.38. The molecule has 2 nitrogen and oxygen atoms in total. The molecular weight excluding hydrogens is 293 g/mol. The molecule has 4 bridgehead atoms. The van der Waals surface area contributed by atoms with Crippen LogP contribution in [0, 0.1) is 23.2 Å². The molecular formula is C21H30BNO.